The van der Waals surface area contributed by atoms with Gasteiger partial charge in [-0.05, 0) is 32.8 Å². The lowest BCUT2D eigenvalue weighted by molar-refractivity contribution is 0.439. The van der Waals surface area contributed by atoms with E-state index in [1.165, 1.54) is 11.3 Å². The number of nitrogens with zero attached hydrogens (tertiary/aromatic N) is 2. The quantitative estimate of drug-likeness (QED) is 0.771. The minimum Gasteiger partial charge on any atom is -0.328 e. The number of rotatable bonds is 3. The van der Waals surface area contributed by atoms with E-state index in [1.54, 1.807) is 0 Å². The second-order valence-electron chi connectivity index (χ2n) is 3.54. The maximum atomic E-state index is 5.68. The van der Waals surface area contributed by atoms with Crippen molar-refractivity contribution in [1.29, 1.82) is 0 Å². The number of hydrogen-bond donors (Lipinski definition) is 1. The molecule has 0 amide bonds. The summed E-state index contributed by atoms with van der Waals surface area (Å²) in [4.78, 5) is 0. The molecule has 2 N–H and O–H groups in total. The van der Waals surface area contributed by atoms with Crippen LogP contribution in [0.4, 0.5) is 0 Å². The zero-order chi connectivity index (χ0) is 10.0. The van der Waals surface area contributed by atoms with Crippen molar-refractivity contribution in [3.63, 3.8) is 0 Å². The van der Waals surface area contributed by atoms with Crippen molar-refractivity contribution in [2.45, 2.75) is 40.2 Å². The van der Waals surface area contributed by atoms with Gasteiger partial charge in [-0.3, -0.25) is 4.68 Å². The molecule has 1 atom stereocenters. The van der Waals surface area contributed by atoms with Gasteiger partial charge in [0.15, 0.2) is 0 Å². The predicted octanol–water partition coefficient (Wildman–Crippen LogP) is 1.72. The van der Waals surface area contributed by atoms with Crippen molar-refractivity contribution < 1.29 is 0 Å². The molecule has 0 aliphatic rings. The number of hydrogen-bond acceptors (Lipinski definition) is 2. The first-order valence-electron chi connectivity index (χ1n) is 4.84. The minimum atomic E-state index is 0.354. The maximum Gasteiger partial charge on any atom is 0.0642 e. The normalized spacial score (nSPS) is 13.3. The molecule has 0 radical (unpaired) electrons. The van der Waals surface area contributed by atoms with E-state index in [4.69, 9.17) is 5.73 Å². The summed E-state index contributed by atoms with van der Waals surface area (Å²) in [5.41, 5.74) is 9.33. The van der Waals surface area contributed by atoms with Crippen LogP contribution in [0.15, 0.2) is 0 Å². The van der Waals surface area contributed by atoms with E-state index in [0.29, 0.717) is 12.6 Å². The van der Waals surface area contributed by atoms with E-state index in [-0.39, 0.29) is 0 Å². The molecule has 0 bridgehead atoms. The summed E-state index contributed by atoms with van der Waals surface area (Å²) in [5, 5.41) is 4.49. The van der Waals surface area contributed by atoms with Crippen LogP contribution in [0.3, 0.4) is 0 Å². The molecule has 0 fully saturated rings. The molecule has 0 saturated carbocycles. The van der Waals surface area contributed by atoms with Gasteiger partial charge in [0.25, 0.3) is 0 Å². The smallest absolute Gasteiger partial charge is 0.0642 e. The van der Waals surface area contributed by atoms with Crippen molar-refractivity contribution in [2.75, 3.05) is 6.54 Å². The van der Waals surface area contributed by atoms with Gasteiger partial charge in [0, 0.05) is 12.2 Å². The monoisotopic (exact) mass is 181 g/mol. The standard InChI is InChI=1S/C10H19N3/c1-5-10(6-11)13-9(4)7(2)8(3)12-13/h10H,5-6,11H2,1-4H3. The molecule has 0 aromatic carbocycles. The fraction of sp³-hybridized carbons (Fsp3) is 0.700. The van der Waals surface area contributed by atoms with Crippen molar-refractivity contribution in [2.24, 2.45) is 5.73 Å². The average Bonchev–Trinajstić information content (AvgIpc) is 2.36. The second kappa shape index (κ2) is 3.92. The summed E-state index contributed by atoms with van der Waals surface area (Å²) in [6.45, 7) is 9.06. The van der Waals surface area contributed by atoms with Crippen LogP contribution in [0, 0.1) is 20.8 Å². The molecule has 3 nitrogen and oxygen atoms in total. The third kappa shape index (κ3) is 1.75. The predicted molar refractivity (Wildman–Crippen MR) is 54.8 cm³/mol. The van der Waals surface area contributed by atoms with Gasteiger partial charge in [-0.1, -0.05) is 6.92 Å². The van der Waals surface area contributed by atoms with Crippen LogP contribution in [0.1, 0.15) is 36.3 Å². The summed E-state index contributed by atoms with van der Waals surface area (Å²) < 4.78 is 2.06. The van der Waals surface area contributed by atoms with E-state index >= 15 is 0 Å². The van der Waals surface area contributed by atoms with Gasteiger partial charge in [-0.25, -0.2) is 0 Å². The largest absolute Gasteiger partial charge is 0.328 e. The molecule has 1 aromatic rings. The van der Waals surface area contributed by atoms with Crippen LogP contribution in [-0.2, 0) is 0 Å². The molecule has 0 saturated heterocycles. The Morgan fingerprint density at radius 3 is 2.31 bits per heavy atom. The highest BCUT2D eigenvalue weighted by Gasteiger charge is 2.13. The molecule has 1 aromatic heterocycles. The molecule has 1 unspecified atom stereocenters. The Bertz CT molecular complexity index is 285. The molecule has 1 rings (SSSR count). The van der Waals surface area contributed by atoms with Gasteiger partial charge in [0.1, 0.15) is 0 Å². The Morgan fingerprint density at radius 2 is 2.00 bits per heavy atom. The molecular formula is C10H19N3. The van der Waals surface area contributed by atoms with Gasteiger partial charge in [-0.15, -0.1) is 0 Å². The van der Waals surface area contributed by atoms with E-state index < -0.39 is 0 Å². The van der Waals surface area contributed by atoms with Crippen LogP contribution in [0.25, 0.3) is 0 Å². The SMILES string of the molecule is CCC(CN)n1nc(C)c(C)c1C. The second-order valence-corrected chi connectivity index (χ2v) is 3.54. The molecular weight excluding hydrogens is 162 g/mol. The van der Waals surface area contributed by atoms with Gasteiger partial charge in [0.2, 0.25) is 0 Å². The summed E-state index contributed by atoms with van der Waals surface area (Å²) in [6.07, 6.45) is 1.04. The first-order chi connectivity index (χ1) is 6.11. The van der Waals surface area contributed by atoms with Crippen LogP contribution < -0.4 is 5.73 Å². The highest BCUT2D eigenvalue weighted by atomic mass is 15.3. The third-order valence-electron chi connectivity index (χ3n) is 2.78. The van der Waals surface area contributed by atoms with Gasteiger partial charge in [-0.2, -0.15) is 5.10 Å². The average molecular weight is 181 g/mol. The molecule has 0 aliphatic heterocycles. The highest BCUT2D eigenvalue weighted by molar-refractivity contribution is 5.22. The molecule has 13 heavy (non-hydrogen) atoms. The minimum absolute atomic E-state index is 0.354. The Hall–Kier alpha value is -0.830. The third-order valence-corrected chi connectivity index (χ3v) is 2.78. The van der Waals surface area contributed by atoms with Crippen LogP contribution >= 0.6 is 0 Å². The van der Waals surface area contributed by atoms with Gasteiger partial charge < -0.3 is 5.73 Å². The number of nitrogens with two attached hydrogens (primary N) is 1. The molecule has 0 spiro atoms. The summed E-state index contributed by atoms with van der Waals surface area (Å²) in [7, 11) is 0. The fourth-order valence-electron chi connectivity index (χ4n) is 1.54. The molecule has 0 aliphatic carbocycles. The zero-order valence-electron chi connectivity index (χ0n) is 8.96. The van der Waals surface area contributed by atoms with E-state index in [2.05, 4.69) is 30.6 Å². The first-order valence-corrected chi connectivity index (χ1v) is 4.84. The summed E-state index contributed by atoms with van der Waals surface area (Å²) in [5.74, 6) is 0. The van der Waals surface area contributed by atoms with Crippen molar-refractivity contribution in [3.05, 3.63) is 17.0 Å². The molecule has 74 valence electrons. The first kappa shape index (κ1) is 10.3. The van der Waals surface area contributed by atoms with E-state index in [0.717, 1.165) is 12.1 Å². The molecule has 1 heterocycles. The fourth-order valence-corrected chi connectivity index (χ4v) is 1.54. The van der Waals surface area contributed by atoms with Crippen LogP contribution in [-0.4, -0.2) is 16.3 Å². The Balaban J connectivity index is 3.06. The van der Waals surface area contributed by atoms with Crippen molar-refractivity contribution in [3.8, 4) is 0 Å². The van der Waals surface area contributed by atoms with Gasteiger partial charge >= 0.3 is 0 Å². The highest BCUT2D eigenvalue weighted by Crippen LogP contribution is 2.17. The Kier molecular flexibility index (Phi) is 3.09. The topological polar surface area (TPSA) is 43.8 Å². The van der Waals surface area contributed by atoms with E-state index in [1.807, 2.05) is 6.92 Å². The Morgan fingerprint density at radius 1 is 1.38 bits per heavy atom. The maximum absolute atomic E-state index is 5.68. The lowest BCUT2D eigenvalue weighted by atomic mass is 10.2. The van der Waals surface area contributed by atoms with Crippen molar-refractivity contribution in [1.82, 2.24) is 9.78 Å². The number of aryl methyl sites for hydroxylation is 1. The zero-order valence-corrected chi connectivity index (χ0v) is 8.96. The lowest BCUT2D eigenvalue weighted by Gasteiger charge is -2.14. The van der Waals surface area contributed by atoms with Gasteiger partial charge in [0.05, 0.1) is 11.7 Å². The summed E-state index contributed by atoms with van der Waals surface area (Å²) >= 11 is 0. The van der Waals surface area contributed by atoms with Crippen LogP contribution in [0.2, 0.25) is 0 Å². The molecule has 3 heteroatoms. The number of aromatic nitrogens is 2. The lowest BCUT2D eigenvalue weighted by Crippen LogP contribution is -2.20. The van der Waals surface area contributed by atoms with Crippen LogP contribution in [0.5, 0.6) is 0 Å². The van der Waals surface area contributed by atoms with E-state index in [9.17, 15) is 0 Å². The van der Waals surface area contributed by atoms with Crippen molar-refractivity contribution >= 4 is 0 Å². The summed E-state index contributed by atoms with van der Waals surface area (Å²) in [6, 6.07) is 0.354. The Labute approximate surface area is 79.9 Å².